The summed E-state index contributed by atoms with van der Waals surface area (Å²) in [4.78, 5) is 0. The molecule has 2 saturated carbocycles. The van der Waals surface area contributed by atoms with Gasteiger partial charge in [-0.05, 0) is 68.9 Å². The highest BCUT2D eigenvalue weighted by molar-refractivity contribution is 5.40. The van der Waals surface area contributed by atoms with E-state index in [1.807, 2.05) is 6.92 Å². The van der Waals surface area contributed by atoms with Crippen molar-refractivity contribution in [2.45, 2.75) is 71.0 Å². The second-order valence-electron chi connectivity index (χ2n) is 8.86. The Hall–Kier alpha value is -1.33. The van der Waals surface area contributed by atoms with Gasteiger partial charge < -0.3 is 9.84 Å². The van der Waals surface area contributed by atoms with Gasteiger partial charge in [-0.1, -0.05) is 25.5 Å². The van der Waals surface area contributed by atoms with E-state index in [0.717, 1.165) is 38.7 Å². The van der Waals surface area contributed by atoms with E-state index in [0.29, 0.717) is 18.3 Å². The Balaban J connectivity index is 1.74. The van der Waals surface area contributed by atoms with Crippen molar-refractivity contribution >= 4 is 0 Å². The molecule has 0 aromatic carbocycles. The van der Waals surface area contributed by atoms with E-state index >= 15 is 0 Å². The molecular formula is C22H29NO2. The van der Waals surface area contributed by atoms with Crippen molar-refractivity contribution in [3.8, 4) is 6.07 Å². The van der Waals surface area contributed by atoms with E-state index in [-0.39, 0.29) is 16.9 Å². The number of ether oxygens (including phenoxy) is 1. The van der Waals surface area contributed by atoms with Crippen LogP contribution < -0.4 is 0 Å². The van der Waals surface area contributed by atoms with Crippen LogP contribution in [-0.2, 0) is 4.74 Å². The van der Waals surface area contributed by atoms with Crippen LogP contribution in [0.25, 0.3) is 0 Å². The molecule has 1 unspecified atom stereocenters. The third kappa shape index (κ3) is 2.18. The fraction of sp³-hybridized carbons (Fsp3) is 0.727. The first kappa shape index (κ1) is 17.1. The molecule has 1 N–H and O–H groups in total. The first-order chi connectivity index (χ1) is 11.9. The minimum Gasteiger partial charge on any atom is -0.375 e. The standard InChI is InChI=1S/C22H29NO2/c1-4-25-16-7-5-15-6-8-17-18(20(15,2)13-16)9-11-21(3)19(17)10-12-22(21,24)14-23/h7,9,16-17,19,24H,4,6,8,10-13H2,1-3H3/t16?,17-,19+,20+,21+,22+/m1/s1. The summed E-state index contributed by atoms with van der Waals surface area (Å²) < 4.78 is 5.89. The SMILES string of the molecule is CCOC1C=C=C2CC[C@@H]3C(=CC[C@@]4(C)[C@H]3CC[C@]4(O)C#N)[C@@]2(C)C1. The summed E-state index contributed by atoms with van der Waals surface area (Å²) in [6.07, 6.45) is 10.2. The third-order valence-electron chi connectivity index (χ3n) is 7.84. The van der Waals surface area contributed by atoms with Crippen molar-refractivity contribution in [1.29, 1.82) is 5.26 Å². The summed E-state index contributed by atoms with van der Waals surface area (Å²) in [7, 11) is 0. The zero-order chi connectivity index (χ0) is 17.9. The lowest BCUT2D eigenvalue weighted by Gasteiger charge is -2.53. The molecule has 0 heterocycles. The van der Waals surface area contributed by atoms with E-state index < -0.39 is 5.60 Å². The Morgan fingerprint density at radius 1 is 1.40 bits per heavy atom. The Labute approximate surface area is 151 Å². The van der Waals surface area contributed by atoms with E-state index in [1.165, 1.54) is 11.1 Å². The molecule has 0 bridgehead atoms. The van der Waals surface area contributed by atoms with Gasteiger partial charge in [0.05, 0.1) is 12.2 Å². The quantitative estimate of drug-likeness (QED) is 0.464. The Morgan fingerprint density at radius 3 is 2.92 bits per heavy atom. The molecule has 0 aromatic heterocycles. The van der Waals surface area contributed by atoms with Crippen LogP contribution in [0.3, 0.4) is 0 Å². The molecule has 4 rings (SSSR count). The van der Waals surface area contributed by atoms with Crippen molar-refractivity contribution < 1.29 is 9.84 Å². The minimum atomic E-state index is -1.17. The number of fused-ring (bicyclic) bond motifs is 5. The molecule has 0 spiro atoms. The summed E-state index contributed by atoms with van der Waals surface area (Å²) in [6, 6.07) is 2.25. The van der Waals surface area contributed by atoms with Crippen molar-refractivity contribution in [3.05, 3.63) is 29.0 Å². The Kier molecular flexibility index (Phi) is 3.82. The monoisotopic (exact) mass is 339 g/mol. The van der Waals surface area contributed by atoms with Gasteiger partial charge in [-0.2, -0.15) is 5.26 Å². The molecular weight excluding hydrogens is 310 g/mol. The van der Waals surface area contributed by atoms with E-state index in [1.54, 1.807) is 0 Å². The molecule has 134 valence electrons. The van der Waals surface area contributed by atoms with E-state index in [9.17, 15) is 10.4 Å². The summed E-state index contributed by atoms with van der Waals surface area (Å²) in [5.74, 6) is 0.893. The number of nitrogens with zero attached hydrogens (tertiary/aromatic N) is 1. The molecule has 3 nitrogen and oxygen atoms in total. The van der Waals surface area contributed by atoms with E-state index in [2.05, 4.69) is 37.8 Å². The van der Waals surface area contributed by atoms with Crippen LogP contribution in [0, 0.1) is 34.0 Å². The lowest BCUT2D eigenvalue weighted by atomic mass is 9.51. The maximum absolute atomic E-state index is 10.9. The summed E-state index contributed by atoms with van der Waals surface area (Å²) >= 11 is 0. The molecule has 25 heavy (non-hydrogen) atoms. The van der Waals surface area contributed by atoms with Gasteiger partial charge in [-0.3, -0.25) is 0 Å². The fourth-order valence-electron chi connectivity index (χ4n) is 6.30. The van der Waals surface area contributed by atoms with Crippen molar-refractivity contribution in [2.24, 2.45) is 22.7 Å². The van der Waals surface area contributed by atoms with Gasteiger partial charge in [-0.25, -0.2) is 0 Å². The molecule has 0 aliphatic heterocycles. The van der Waals surface area contributed by atoms with Crippen LogP contribution >= 0.6 is 0 Å². The minimum absolute atomic E-state index is 0.0339. The molecule has 6 atom stereocenters. The average Bonchev–Trinajstić information content (AvgIpc) is 2.86. The largest absolute Gasteiger partial charge is 0.375 e. The second kappa shape index (κ2) is 5.58. The Bertz CT molecular complexity index is 725. The normalized spacial score (nSPS) is 47.9. The number of rotatable bonds is 2. The third-order valence-corrected chi connectivity index (χ3v) is 7.84. The lowest BCUT2D eigenvalue weighted by Crippen LogP contribution is -2.50. The fourth-order valence-corrected chi connectivity index (χ4v) is 6.30. The summed E-state index contributed by atoms with van der Waals surface area (Å²) in [5.41, 5.74) is 5.06. The van der Waals surface area contributed by atoms with Gasteiger partial charge in [0.15, 0.2) is 5.60 Å². The van der Waals surface area contributed by atoms with Crippen LogP contribution in [-0.4, -0.2) is 23.4 Å². The molecule has 0 radical (unpaired) electrons. The number of aliphatic hydroxyl groups is 1. The maximum atomic E-state index is 10.9. The number of allylic oxidation sites excluding steroid dienone is 2. The van der Waals surface area contributed by atoms with Crippen molar-refractivity contribution in [2.75, 3.05) is 6.61 Å². The summed E-state index contributed by atoms with van der Waals surface area (Å²) in [5, 5.41) is 20.5. The van der Waals surface area contributed by atoms with Crippen molar-refractivity contribution in [3.63, 3.8) is 0 Å². The number of nitriles is 1. The molecule has 0 aromatic rings. The van der Waals surface area contributed by atoms with Crippen LogP contribution in [0.1, 0.15) is 59.3 Å². The highest BCUT2D eigenvalue weighted by atomic mass is 16.5. The van der Waals surface area contributed by atoms with Gasteiger partial charge in [0.2, 0.25) is 0 Å². The zero-order valence-corrected chi connectivity index (χ0v) is 15.6. The van der Waals surface area contributed by atoms with E-state index in [4.69, 9.17) is 4.74 Å². The smallest absolute Gasteiger partial charge is 0.156 e. The molecule has 4 aliphatic carbocycles. The van der Waals surface area contributed by atoms with Crippen LogP contribution in [0.2, 0.25) is 0 Å². The Morgan fingerprint density at radius 2 is 2.20 bits per heavy atom. The molecule has 4 aliphatic rings. The van der Waals surface area contributed by atoms with Crippen LogP contribution in [0.5, 0.6) is 0 Å². The second-order valence-corrected chi connectivity index (χ2v) is 8.86. The maximum Gasteiger partial charge on any atom is 0.156 e. The molecule has 0 saturated heterocycles. The molecule has 3 heteroatoms. The predicted molar refractivity (Wildman–Crippen MR) is 96.6 cm³/mol. The van der Waals surface area contributed by atoms with Gasteiger partial charge in [0.1, 0.15) is 0 Å². The summed E-state index contributed by atoms with van der Waals surface area (Å²) in [6.45, 7) is 7.28. The first-order valence-corrected chi connectivity index (χ1v) is 9.80. The van der Waals surface area contributed by atoms with Crippen LogP contribution in [0.15, 0.2) is 29.0 Å². The highest BCUT2D eigenvalue weighted by Crippen LogP contribution is 2.65. The predicted octanol–water partition coefficient (Wildman–Crippen LogP) is 4.29. The lowest BCUT2D eigenvalue weighted by molar-refractivity contribution is -0.0402. The zero-order valence-electron chi connectivity index (χ0n) is 15.6. The molecule has 2 fully saturated rings. The van der Waals surface area contributed by atoms with Crippen molar-refractivity contribution in [1.82, 2.24) is 0 Å². The van der Waals surface area contributed by atoms with Gasteiger partial charge in [-0.15, -0.1) is 5.73 Å². The number of hydrogen-bond acceptors (Lipinski definition) is 3. The molecule has 0 amide bonds. The van der Waals surface area contributed by atoms with Crippen LogP contribution in [0.4, 0.5) is 0 Å². The average molecular weight is 339 g/mol. The number of hydrogen-bond donors (Lipinski definition) is 1. The topological polar surface area (TPSA) is 53.2 Å². The van der Waals surface area contributed by atoms with Gasteiger partial charge in [0, 0.05) is 17.4 Å². The van der Waals surface area contributed by atoms with Gasteiger partial charge >= 0.3 is 0 Å². The highest BCUT2D eigenvalue weighted by Gasteiger charge is 2.62. The first-order valence-electron chi connectivity index (χ1n) is 9.80. The van der Waals surface area contributed by atoms with Gasteiger partial charge in [0.25, 0.3) is 0 Å².